The third-order valence-corrected chi connectivity index (χ3v) is 3.77. The summed E-state index contributed by atoms with van der Waals surface area (Å²) in [4.78, 5) is 25.6. The molecule has 0 atom stereocenters. The van der Waals surface area contributed by atoms with Gasteiger partial charge in [0.2, 0.25) is 11.8 Å². The zero-order valence-electron chi connectivity index (χ0n) is 12.9. The molecule has 0 radical (unpaired) electrons. The number of rotatable bonds is 6. The van der Waals surface area contributed by atoms with Gasteiger partial charge in [-0.1, -0.05) is 20.3 Å². The molecule has 1 aliphatic heterocycles. The summed E-state index contributed by atoms with van der Waals surface area (Å²) in [6, 6.07) is 5.86. The summed E-state index contributed by atoms with van der Waals surface area (Å²) in [5.74, 6) is 0.262. The molecular formula is C17H24N2O2. The number of nitrogens with one attached hydrogen (secondary N) is 1. The minimum absolute atomic E-state index is 0.0640. The minimum Gasteiger partial charge on any atom is -0.326 e. The molecule has 1 aromatic carbocycles. The molecule has 0 spiro atoms. The number of hydrogen-bond acceptors (Lipinski definition) is 2. The van der Waals surface area contributed by atoms with E-state index >= 15 is 0 Å². The van der Waals surface area contributed by atoms with Crippen LogP contribution in [0.15, 0.2) is 18.2 Å². The van der Waals surface area contributed by atoms with Crippen molar-refractivity contribution >= 4 is 23.2 Å². The number of hydrogen-bond donors (Lipinski definition) is 1. The molecule has 2 amide bonds. The maximum atomic E-state index is 12.0. The summed E-state index contributed by atoms with van der Waals surface area (Å²) in [5, 5.41) is 2.94. The Morgan fingerprint density at radius 2 is 2.05 bits per heavy atom. The van der Waals surface area contributed by atoms with Crippen molar-refractivity contribution in [3.05, 3.63) is 23.8 Å². The van der Waals surface area contributed by atoms with E-state index in [1.54, 1.807) is 0 Å². The molecule has 2 rings (SSSR count). The van der Waals surface area contributed by atoms with Gasteiger partial charge < -0.3 is 10.2 Å². The number of amides is 2. The van der Waals surface area contributed by atoms with E-state index in [0.717, 1.165) is 49.2 Å². The number of nitrogens with zero attached hydrogens (tertiary/aromatic N) is 1. The van der Waals surface area contributed by atoms with Gasteiger partial charge in [0.25, 0.3) is 0 Å². The fourth-order valence-electron chi connectivity index (χ4n) is 2.67. The second-order valence-corrected chi connectivity index (χ2v) is 5.54. The van der Waals surface area contributed by atoms with E-state index in [4.69, 9.17) is 0 Å². The maximum absolute atomic E-state index is 12.0. The number of carbonyl (C=O) groups is 2. The number of carbonyl (C=O) groups excluding carboxylic acids is 2. The molecule has 4 heteroatoms. The first-order valence-corrected chi connectivity index (χ1v) is 7.88. The van der Waals surface area contributed by atoms with E-state index < -0.39 is 0 Å². The monoisotopic (exact) mass is 288 g/mol. The Morgan fingerprint density at radius 3 is 2.76 bits per heavy atom. The predicted octanol–water partition coefficient (Wildman–Crippen LogP) is 3.50. The summed E-state index contributed by atoms with van der Waals surface area (Å²) in [5.41, 5.74) is 2.98. The zero-order valence-corrected chi connectivity index (χ0v) is 12.9. The van der Waals surface area contributed by atoms with Crippen LogP contribution in [0.1, 0.15) is 51.5 Å². The van der Waals surface area contributed by atoms with Crippen LogP contribution in [-0.2, 0) is 16.0 Å². The van der Waals surface area contributed by atoms with Crippen molar-refractivity contribution in [2.45, 2.75) is 52.4 Å². The van der Waals surface area contributed by atoms with Gasteiger partial charge in [0.1, 0.15) is 0 Å². The Hall–Kier alpha value is -1.84. The average Bonchev–Trinajstić information content (AvgIpc) is 2.48. The molecule has 1 N–H and O–H groups in total. The van der Waals surface area contributed by atoms with Crippen molar-refractivity contribution < 1.29 is 9.59 Å². The third-order valence-electron chi connectivity index (χ3n) is 3.77. The van der Waals surface area contributed by atoms with Crippen LogP contribution in [0.3, 0.4) is 0 Å². The van der Waals surface area contributed by atoms with Crippen molar-refractivity contribution in [1.29, 1.82) is 0 Å². The van der Waals surface area contributed by atoms with E-state index in [1.807, 2.05) is 23.1 Å². The smallest absolute Gasteiger partial charge is 0.227 e. The van der Waals surface area contributed by atoms with E-state index in [1.165, 1.54) is 0 Å². The molecule has 114 valence electrons. The summed E-state index contributed by atoms with van der Waals surface area (Å²) < 4.78 is 0. The normalized spacial score (nSPS) is 14.0. The first kappa shape index (κ1) is 15.5. The second kappa shape index (κ2) is 7.25. The molecule has 0 unspecified atom stereocenters. The molecule has 0 aliphatic carbocycles. The summed E-state index contributed by atoms with van der Waals surface area (Å²) in [6.07, 6.45) is 4.75. The number of fused-ring (bicyclic) bond motifs is 1. The van der Waals surface area contributed by atoms with E-state index in [9.17, 15) is 9.59 Å². The lowest BCUT2D eigenvalue weighted by molar-refractivity contribution is -0.119. The van der Waals surface area contributed by atoms with Crippen LogP contribution < -0.4 is 10.2 Å². The fourth-order valence-corrected chi connectivity index (χ4v) is 2.67. The fraction of sp³-hybridized carbons (Fsp3) is 0.529. The standard InChI is InChI=1S/C17H24N2O2/c1-3-5-6-16(20)18-14-8-9-15-13(12-14)7-10-17(21)19(15)11-4-2/h8-9,12H,3-7,10-11H2,1-2H3,(H,18,20). The van der Waals surface area contributed by atoms with Crippen molar-refractivity contribution in [2.75, 3.05) is 16.8 Å². The molecule has 0 fully saturated rings. The Balaban J connectivity index is 2.12. The van der Waals surface area contributed by atoms with Gasteiger partial charge in [0.15, 0.2) is 0 Å². The highest BCUT2D eigenvalue weighted by Gasteiger charge is 2.23. The van der Waals surface area contributed by atoms with Crippen molar-refractivity contribution in [1.82, 2.24) is 0 Å². The van der Waals surface area contributed by atoms with Crippen LogP contribution in [0.2, 0.25) is 0 Å². The lowest BCUT2D eigenvalue weighted by Gasteiger charge is -2.29. The molecule has 0 bridgehead atoms. The molecule has 21 heavy (non-hydrogen) atoms. The zero-order chi connectivity index (χ0) is 15.2. The number of benzene rings is 1. The van der Waals surface area contributed by atoms with Crippen LogP contribution in [0.5, 0.6) is 0 Å². The highest BCUT2D eigenvalue weighted by molar-refractivity contribution is 5.97. The van der Waals surface area contributed by atoms with E-state index in [-0.39, 0.29) is 11.8 Å². The molecule has 1 aliphatic rings. The van der Waals surface area contributed by atoms with Gasteiger partial charge >= 0.3 is 0 Å². The highest BCUT2D eigenvalue weighted by atomic mass is 16.2. The van der Waals surface area contributed by atoms with Gasteiger partial charge in [-0.3, -0.25) is 9.59 Å². The average molecular weight is 288 g/mol. The molecule has 0 aromatic heterocycles. The predicted molar refractivity (Wildman–Crippen MR) is 85.6 cm³/mol. The highest BCUT2D eigenvalue weighted by Crippen LogP contribution is 2.30. The molecule has 4 nitrogen and oxygen atoms in total. The lowest BCUT2D eigenvalue weighted by Crippen LogP contribution is -2.35. The minimum atomic E-state index is 0.0640. The lowest BCUT2D eigenvalue weighted by atomic mass is 10.00. The van der Waals surface area contributed by atoms with Gasteiger partial charge in [-0.15, -0.1) is 0 Å². The van der Waals surface area contributed by atoms with Crippen LogP contribution >= 0.6 is 0 Å². The second-order valence-electron chi connectivity index (χ2n) is 5.54. The van der Waals surface area contributed by atoms with E-state index in [0.29, 0.717) is 12.8 Å². The SMILES string of the molecule is CCCCC(=O)Nc1ccc2c(c1)CCC(=O)N2CCC. The third kappa shape index (κ3) is 3.84. The first-order chi connectivity index (χ1) is 10.2. The molecular weight excluding hydrogens is 264 g/mol. The van der Waals surface area contributed by atoms with Crippen LogP contribution in [0.4, 0.5) is 11.4 Å². The Morgan fingerprint density at radius 1 is 1.24 bits per heavy atom. The Labute approximate surface area is 126 Å². The van der Waals surface area contributed by atoms with Crippen LogP contribution in [0.25, 0.3) is 0 Å². The first-order valence-electron chi connectivity index (χ1n) is 7.88. The van der Waals surface area contributed by atoms with Gasteiger partial charge in [0, 0.05) is 30.8 Å². The number of aryl methyl sites for hydroxylation is 1. The molecule has 0 saturated heterocycles. The van der Waals surface area contributed by atoms with Crippen LogP contribution in [0, 0.1) is 0 Å². The van der Waals surface area contributed by atoms with E-state index in [2.05, 4.69) is 19.2 Å². The van der Waals surface area contributed by atoms with Crippen molar-refractivity contribution in [3.8, 4) is 0 Å². The van der Waals surface area contributed by atoms with Crippen molar-refractivity contribution in [3.63, 3.8) is 0 Å². The summed E-state index contributed by atoms with van der Waals surface area (Å²) >= 11 is 0. The van der Waals surface area contributed by atoms with Gasteiger partial charge in [-0.25, -0.2) is 0 Å². The number of anilines is 2. The van der Waals surface area contributed by atoms with Crippen LogP contribution in [-0.4, -0.2) is 18.4 Å². The molecule has 0 saturated carbocycles. The van der Waals surface area contributed by atoms with Crippen molar-refractivity contribution in [2.24, 2.45) is 0 Å². The van der Waals surface area contributed by atoms with Gasteiger partial charge in [0.05, 0.1) is 0 Å². The summed E-state index contributed by atoms with van der Waals surface area (Å²) in [6.45, 7) is 4.91. The topological polar surface area (TPSA) is 49.4 Å². The number of unbranched alkanes of at least 4 members (excludes halogenated alkanes) is 1. The largest absolute Gasteiger partial charge is 0.326 e. The molecule has 1 aromatic rings. The summed E-state index contributed by atoms with van der Waals surface area (Å²) in [7, 11) is 0. The van der Waals surface area contributed by atoms with Gasteiger partial charge in [-0.2, -0.15) is 0 Å². The van der Waals surface area contributed by atoms with Gasteiger partial charge in [-0.05, 0) is 43.0 Å². The maximum Gasteiger partial charge on any atom is 0.227 e. The quantitative estimate of drug-likeness (QED) is 0.871. The Bertz CT molecular complexity index is 526. The molecule has 1 heterocycles. The Kier molecular flexibility index (Phi) is 5.37.